The van der Waals surface area contributed by atoms with Gasteiger partial charge >= 0.3 is 0 Å². The number of hydrogen-bond donors (Lipinski definition) is 1. The summed E-state index contributed by atoms with van der Waals surface area (Å²) in [6.45, 7) is 2.40. The number of rotatable bonds is 4. The first kappa shape index (κ1) is 14.3. The summed E-state index contributed by atoms with van der Waals surface area (Å²) in [5.74, 6) is 0.775. The molecule has 0 unspecified atom stereocenters. The van der Waals surface area contributed by atoms with Gasteiger partial charge in [-0.1, -0.05) is 35.0 Å². The standard InChI is InChI=1S/C17H18N4O/c1-12-5-3-6-13(9-12)17-16(11-18)19-20-21(17)14-7-4-8-15(10-14)22-2/h3-10H,11,18H2,1-2H3. The Hall–Kier alpha value is -2.66. The van der Waals surface area contributed by atoms with Crippen molar-refractivity contribution >= 4 is 0 Å². The third-order valence-corrected chi connectivity index (χ3v) is 3.52. The first-order valence-corrected chi connectivity index (χ1v) is 7.09. The summed E-state index contributed by atoms with van der Waals surface area (Å²) in [4.78, 5) is 0. The van der Waals surface area contributed by atoms with Crippen LogP contribution in [0.3, 0.4) is 0 Å². The van der Waals surface area contributed by atoms with E-state index in [0.717, 1.165) is 28.4 Å². The van der Waals surface area contributed by atoms with Gasteiger partial charge in [0, 0.05) is 18.2 Å². The summed E-state index contributed by atoms with van der Waals surface area (Å²) >= 11 is 0. The number of benzene rings is 2. The fourth-order valence-corrected chi connectivity index (χ4v) is 2.45. The smallest absolute Gasteiger partial charge is 0.121 e. The molecule has 2 aromatic carbocycles. The molecule has 0 fully saturated rings. The highest BCUT2D eigenvalue weighted by atomic mass is 16.5. The predicted molar refractivity (Wildman–Crippen MR) is 86.0 cm³/mol. The average Bonchev–Trinajstić information content (AvgIpc) is 2.99. The molecule has 0 radical (unpaired) electrons. The fourth-order valence-electron chi connectivity index (χ4n) is 2.45. The Morgan fingerprint density at radius 2 is 1.95 bits per heavy atom. The van der Waals surface area contributed by atoms with Crippen LogP contribution in [0, 0.1) is 6.92 Å². The molecule has 1 heterocycles. The van der Waals surface area contributed by atoms with Gasteiger partial charge in [-0.05, 0) is 25.1 Å². The Balaban J connectivity index is 2.19. The molecule has 0 aliphatic heterocycles. The molecule has 0 aliphatic rings. The lowest BCUT2D eigenvalue weighted by atomic mass is 10.1. The van der Waals surface area contributed by atoms with Crippen LogP contribution in [0.2, 0.25) is 0 Å². The van der Waals surface area contributed by atoms with E-state index >= 15 is 0 Å². The van der Waals surface area contributed by atoms with Gasteiger partial charge in [-0.3, -0.25) is 0 Å². The lowest BCUT2D eigenvalue weighted by Crippen LogP contribution is -2.03. The number of methoxy groups -OCH3 is 1. The molecular weight excluding hydrogens is 276 g/mol. The summed E-state index contributed by atoms with van der Waals surface area (Å²) in [7, 11) is 1.65. The van der Waals surface area contributed by atoms with Crippen LogP contribution in [0.5, 0.6) is 5.75 Å². The van der Waals surface area contributed by atoms with E-state index in [1.165, 1.54) is 5.56 Å². The molecule has 112 valence electrons. The van der Waals surface area contributed by atoms with Gasteiger partial charge in [0.05, 0.1) is 18.5 Å². The van der Waals surface area contributed by atoms with Crippen LogP contribution >= 0.6 is 0 Å². The van der Waals surface area contributed by atoms with Gasteiger partial charge in [0.15, 0.2) is 0 Å². The van der Waals surface area contributed by atoms with Crippen molar-refractivity contribution in [1.29, 1.82) is 0 Å². The maximum absolute atomic E-state index is 5.83. The maximum atomic E-state index is 5.83. The normalized spacial score (nSPS) is 10.7. The molecule has 0 saturated heterocycles. The summed E-state index contributed by atoms with van der Waals surface area (Å²) in [5.41, 5.74) is 10.6. The van der Waals surface area contributed by atoms with E-state index in [-0.39, 0.29) is 0 Å². The van der Waals surface area contributed by atoms with E-state index in [0.29, 0.717) is 6.54 Å². The number of aromatic nitrogens is 3. The molecule has 3 aromatic rings. The molecule has 3 rings (SSSR count). The highest BCUT2D eigenvalue weighted by Gasteiger charge is 2.15. The zero-order chi connectivity index (χ0) is 15.5. The Bertz CT molecular complexity index is 795. The quantitative estimate of drug-likeness (QED) is 0.803. The van der Waals surface area contributed by atoms with Gasteiger partial charge in [-0.2, -0.15) is 0 Å². The minimum Gasteiger partial charge on any atom is -0.497 e. The van der Waals surface area contributed by atoms with Gasteiger partial charge in [0.25, 0.3) is 0 Å². The molecule has 0 atom stereocenters. The second-order valence-electron chi connectivity index (χ2n) is 5.07. The summed E-state index contributed by atoms with van der Waals surface area (Å²) in [5, 5.41) is 8.49. The van der Waals surface area contributed by atoms with Crippen LogP contribution in [0.25, 0.3) is 16.9 Å². The monoisotopic (exact) mass is 294 g/mol. The molecule has 0 amide bonds. The highest BCUT2D eigenvalue weighted by Crippen LogP contribution is 2.27. The molecule has 2 N–H and O–H groups in total. The second-order valence-corrected chi connectivity index (χ2v) is 5.07. The Morgan fingerprint density at radius 3 is 2.68 bits per heavy atom. The van der Waals surface area contributed by atoms with Crippen LogP contribution in [-0.2, 0) is 6.54 Å². The van der Waals surface area contributed by atoms with E-state index in [4.69, 9.17) is 10.5 Å². The van der Waals surface area contributed by atoms with Crippen molar-refractivity contribution in [2.75, 3.05) is 7.11 Å². The lowest BCUT2D eigenvalue weighted by Gasteiger charge is -2.10. The fraction of sp³-hybridized carbons (Fsp3) is 0.176. The summed E-state index contributed by atoms with van der Waals surface area (Å²) < 4.78 is 7.09. The predicted octanol–water partition coefficient (Wildman–Crippen LogP) is 2.71. The van der Waals surface area contributed by atoms with Crippen molar-refractivity contribution in [3.8, 4) is 22.7 Å². The van der Waals surface area contributed by atoms with Gasteiger partial charge in [0.1, 0.15) is 11.4 Å². The molecule has 1 aromatic heterocycles. The van der Waals surface area contributed by atoms with E-state index in [9.17, 15) is 0 Å². The maximum Gasteiger partial charge on any atom is 0.121 e. The van der Waals surface area contributed by atoms with Gasteiger partial charge in [0.2, 0.25) is 0 Å². The first-order chi connectivity index (χ1) is 10.7. The summed E-state index contributed by atoms with van der Waals surface area (Å²) in [6, 6.07) is 16.0. The van der Waals surface area contributed by atoms with Crippen LogP contribution in [0.15, 0.2) is 48.5 Å². The van der Waals surface area contributed by atoms with Crippen molar-refractivity contribution in [3.63, 3.8) is 0 Å². The van der Waals surface area contributed by atoms with Crippen LogP contribution in [-0.4, -0.2) is 22.1 Å². The largest absolute Gasteiger partial charge is 0.497 e. The third-order valence-electron chi connectivity index (χ3n) is 3.52. The molecular formula is C17H18N4O. The van der Waals surface area contributed by atoms with Gasteiger partial charge in [-0.25, -0.2) is 4.68 Å². The van der Waals surface area contributed by atoms with Crippen molar-refractivity contribution in [3.05, 3.63) is 59.8 Å². The topological polar surface area (TPSA) is 66.0 Å². The van der Waals surface area contributed by atoms with E-state index in [2.05, 4.69) is 29.4 Å². The van der Waals surface area contributed by atoms with Crippen LogP contribution < -0.4 is 10.5 Å². The third kappa shape index (κ3) is 2.58. The van der Waals surface area contributed by atoms with Crippen LogP contribution in [0.1, 0.15) is 11.3 Å². The molecule has 5 nitrogen and oxygen atoms in total. The zero-order valence-electron chi connectivity index (χ0n) is 12.7. The molecule has 0 spiro atoms. The SMILES string of the molecule is COc1cccc(-n2nnc(CN)c2-c2cccc(C)c2)c1. The van der Waals surface area contributed by atoms with Crippen molar-refractivity contribution < 1.29 is 4.74 Å². The molecule has 0 saturated carbocycles. The average molecular weight is 294 g/mol. The minimum absolute atomic E-state index is 0.341. The van der Waals surface area contributed by atoms with Gasteiger partial charge in [-0.15, -0.1) is 5.10 Å². The number of nitrogens with two attached hydrogens (primary N) is 1. The Morgan fingerprint density at radius 1 is 1.14 bits per heavy atom. The van der Waals surface area contributed by atoms with E-state index in [1.54, 1.807) is 11.8 Å². The van der Waals surface area contributed by atoms with Crippen LogP contribution in [0.4, 0.5) is 0 Å². The van der Waals surface area contributed by atoms with Crippen molar-refractivity contribution in [2.45, 2.75) is 13.5 Å². The molecule has 0 bridgehead atoms. The van der Waals surface area contributed by atoms with Gasteiger partial charge < -0.3 is 10.5 Å². The lowest BCUT2D eigenvalue weighted by molar-refractivity contribution is 0.414. The van der Waals surface area contributed by atoms with Crippen molar-refractivity contribution in [2.24, 2.45) is 5.73 Å². The van der Waals surface area contributed by atoms with E-state index in [1.807, 2.05) is 36.4 Å². The zero-order valence-corrected chi connectivity index (χ0v) is 12.7. The molecule has 5 heteroatoms. The number of aryl methyl sites for hydroxylation is 1. The number of hydrogen-bond acceptors (Lipinski definition) is 4. The highest BCUT2D eigenvalue weighted by molar-refractivity contribution is 5.65. The number of ether oxygens (including phenoxy) is 1. The van der Waals surface area contributed by atoms with Crippen molar-refractivity contribution in [1.82, 2.24) is 15.0 Å². The minimum atomic E-state index is 0.341. The second kappa shape index (κ2) is 5.99. The Kier molecular flexibility index (Phi) is 3.89. The number of nitrogens with zero attached hydrogens (tertiary/aromatic N) is 3. The summed E-state index contributed by atoms with van der Waals surface area (Å²) in [6.07, 6.45) is 0. The molecule has 0 aliphatic carbocycles. The molecule has 22 heavy (non-hydrogen) atoms. The van der Waals surface area contributed by atoms with E-state index < -0.39 is 0 Å². The first-order valence-electron chi connectivity index (χ1n) is 7.09. The Labute approximate surface area is 129 Å².